The molecule has 7 heteroatoms. The largest absolute Gasteiger partial charge is 0.465 e. The first kappa shape index (κ1) is 17.3. The van der Waals surface area contributed by atoms with E-state index in [1.807, 2.05) is 12.1 Å². The molecule has 0 aliphatic carbocycles. The Morgan fingerprint density at radius 1 is 1.04 bits per heavy atom. The first-order valence-electron chi connectivity index (χ1n) is 8.55. The van der Waals surface area contributed by atoms with Crippen molar-refractivity contribution < 1.29 is 14.0 Å². The van der Waals surface area contributed by atoms with Gasteiger partial charge in [-0.15, -0.1) is 0 Å². The highest BCUT2D eigenvalue weighted by molar-refractivity contribution is 6.10. The number of aromatic amines is 1. The first-order chi connectivity index (χ1) is 13.7. The second kappa shape index (κ2) is 7.63. The maximum absolute atomic E-state index is 12.8. The Hall–Kier alpha value is -4.13. The van der Waals surface area contributed by atoms with Crippen LogP contribution in [0.3, 0.4) is 0 Å². The number of hydrogen-bond acceptors (Lipinski definition) is 4. The minimum atomic E-state index is -0.473. The molecule has 2 heterocycles. The van der Waals surface area contributed by atoms with Gasteiger partial charge in [-0.3, -0.25) is 14.7 Å². The lowest BCUT2D eigenvalue weighted by Gasteiger charge is -2.11. The first-order valence-corrected chi connectivity index (χ1v) is 8.55. The second-order valence-electron chi connectivity index (χ2n) is 6.02. The van der Waals surface area contributed by atoms with Crippen LogP contribution in [-0.4, -0.2) is 22.0 Å². The Balaban J connectivity index is 1.59. The molecule has 0 saturated carbocycles. The highest BCUT2D eigenvalue weighted by Crippen LogP contribution is 2.17. The maximum atomic E-state index is 12.8. The van der Waals surface area contributed by atoms with E-state index in [-0.39, 0.29) is 5.70 Å². The molecule has 0 aliphatic heterocycles. The minimum Gasteiger partial charge on any atom is -0.465 e. The van der Waals surface area contributed by atoms with E-state index in [0.717, 1.165) is 10.9 Å². The molecule has 0 saturated heterocycles. The van der Waals surface area contributed by atoms with Crippen LogP contribution in [0.15, 0.2) is 83.2 Å². The Morgan fingerprint density at radius 3 is 2.68 bits per heavy atom. The quantitative estimate of drug-likeness (QED) is 0.466. The number of furan rings is 1. The summed E-state index contributed by atoms with van der Waals surface area (Å²) in [5.74, 6) is -0.417. The molecule has 138 valence electrons. The summed E-state index contributed by atoms with van der Waals surface area (Å²) in [6, 6.07) is 17.4. The number of hydrogen-bond donors (Lipinski definition) is 3. The van der Waals surface area contributed by atoms with Crippen molar-refractivity contribution in [1.82, 2.24) is 15.5 Å². The predicted molar refractivity (Wildman–Crippen MR) is 105 cm³/mol. The molecule has 3 N–H and O–H groups in total. The summed E-state index contributed by atoms with van der Waals surface area (Å²) >= 11 is 0. The summed E-state index contributed by atoms with van der Waals surface area (Å²) in [4.78, 5) is 25.3. The van der Waals surface area contributed by atoms with Gasteiger partial charge in [-0.25, -0.2) is 0 Å². The molecule has 4 aromatic rings. The molecule has 0 aliphatic rings. The van der Waals surface area contributed by atoms with Gasteiger partial charge < -0.3 is 15.1 Å². The van der Waals surface area contributed by atoms with Crippen molar-refractivity contribution in [3.8, 4) is 0 Å². The zero-order chi connectivity index (χ0) is 19.3. The number of anilines is 1. The molecular weight excluding hydrogens is 356 g/mol. The molecule has 0 bridgehead atoms. The van der Waals surface area contributed by atoms with Gasteiger partial charge in [0, 0.05) is 22.7 Å². The fraction of sp³-hybridized carbons (Fsp3) is 0. The van der Waals surface area contributed by atoms with Crippen LogP contribution in [0.25, 0.3) is 17.0 Å². The number of H-pyrrole nitrogens is 1. The lowest BCUT2D eigenvalue weighted by molar-refractivity contribution is -0.113. The number of nitrogens with one attached hydrogen (secondary N) is 3. The number of aromatic nitrogens is 2. The van der Waals surface area contributed by atoms with Gasteiger partial charge in [0.1, 0.15) is 11.5 Å². The van der Waals surface area contributed by atoms with Gasteiger partial charge in [0.05, 0.1) is 18.0 Å². The third-order valence-electron chi connectivity index (χ3n) is 4.06. The van der Waals surface area contributed by atoms with Gasteiger partial charge in [0.2, 0.25) is 0 Å². The third-order valence-corrected chi connectivity index (χ3v) is 4.06. The average Bonchev–Trinajstić information content (AvgIpc) is 3.39. The molecule has 0 spiro atoms. The smallest absolute Gasteiger partial charge is 0.272 e. The normalized spacial score (nSPS) is 11.4. The molecule has 0 unspecified atom stereocenters. The fourth-order valence-corrected chi connectivity index (χ4v) is 2.67. The Kier molecular flexibility index (Phi) is 4.71. The van der Waals surface area contributed by atoms with Gasteiger partial charge in [-0.2, -0.15) is 5.10 Å². The maximum Gasteiger partial charge on any atom is 0.272 e. The number of rotatable bonds is 5. The zero-order valence-corrected chi connectivity index (χ0v) is 14.7. The zero-order valence-electron chi connectivity index (χ0n) is 14.7. The van der Waals surface area contributed by atoms with Gasteiger partial charge in [0.25, 0.3) is 11.8 Å². The monoisotopic (exact) mass is 372 g/mol. The van der Waals surface area contributed by atoms with E-state index in [0.29, 0.717) is 17.0 Å². The van der Waals surface area contributed by atoms with Crippen LogP contribution in [0.1, 0.15) is 16.1 Å². The standard InChI is InChI=1S/C21H16N4O3/c26-20(14-5-2-1-3-6-14)24-19(12-17-7-4-10-28-17)21(27)23-16-9-8-15-13-22-25-18(15)11-16/h1-13H,(H,22,25)(H,23,27)(H,24,26)/b19-12-. The summed E-state index contributed by atoms with van der Waals surface area (Å²) in [7, 11) is 0. The lowest BCUT2D eigenvalue weighted by Crippen LogP contribution is -2.30. The predicted octanol–water partition coefficient (Wildman–Crippen LogP) is 3.57. The van der Waals surface area contributed by atoms with E-state index in [1.54, 1.807) is 54.7 Å². The highest BCUT2D eigenvalue weighted by atomic mass is 16.3. The molecule has 2 amide bonds. The molecule has 0 fully saturated rings. The van der Waals surface area contributed by atoms with Crippen LogP contribution in [0.4, 0.5) is 5.69 Å². The summed E-state index contributed by atoms with van der Waals surface area (Å²) in [6.07, 6.45) is 4.67. The Bertz CT molecular complexity index is 1140. The summed E-state index contributed by atoms with van der Waals surface area (Å²) < 4.78 is 5.28. The van der Waals surface area contributed by atoms with Gasteiger partial charge in [-0.1, -0.05) is 18.2 Å². The number of amides is 2. The number of benzene rings is 2. The molecule has 7 nitrogen and oxygen atoms in total. The molecule has 0 atom stereocenters. The van der Waals surface area contributed by atoms with E-state index in [2.05, 4.69) is 20.8 Å². The van der Waals surface area contributed by atoms with Crippen molar-refractivity contribution in [2.45, 2.75) is 0 Å². The Labute approximate surface area is 160 Å². The van der Waals surface area contributed by atoms with Crippen molar-refractivity contribution in [1.29, 1.82) is 0 Å². The highest BCUT2D eigenvalue weighted by Gasteiger charge is 2.16. The van der Waals surface area contributed by atoms with E-state index < -0.39 is 11.8 Å². The SMILES string of the molecule is O=C(Nc1ccc2cn[nH]c2c1)/C(=C/c1ccco1)NC(=O)c1ccccc1. The average molecular weight is 372 g/mol. The van der Waals surface area contributed by atoms with Crippen LogP contribution in [0.5, 0.6) is 0 Å². The van der Waals surface area contributed by atoms with Crippen molar-refractivity contribution in [2.24, 2.45) is 0 Å². The molecule has 4 rings (SSSR count). The minimum absolute atomic E-state index is 0.0634. The third kappa shape index (κ3) is 3.83. The van der Waals surface area contributed by atoms with Gasteiger partial charge in [-0.05, 0) is 42.5 Å². The van der Waals surface area contributed by atoms with E-state index >= 15 is 0 Å². The van der Waals surface area contributed by atoms with Crippen LogP contribution in [0, 0.1) is 0 Å². The van der Waals surface area contributed by atoms with E-state index in [1.165, 1.54) is 12.3 Å². The molecule has 2 aromatic heterocycles. The summed E-state index contributed by atoms with van der Waals surface area (Å²) in [6.45, 7) is 0. The molecule has 2 aromatic carbocycles. The van der Waals surface area contributed by atoms with Gasteiger partial charge in [0.15, 0.2) is 0 Å². The topological polar surface area (TPSA) is 100 Å². The van der Waals surface area contributed by atoms with Crippen molar-refractivity contribution in [3.63, 3.8) is 0 Å². The van der Waals surface area contributed by atoms with Gasteiger partial charge >= 0.3 is 0 Å². The lowest BCUT2D eigenvalue weighted by atomic mass is 10.2. The van der Waals surface area contributed by atoms with E-state index in [4.69, 9.17) is 4.42 Å². The van der Waals surface area contributed by atoms with Crippen LogP contribution in [0.2, 0.25) is 0 Å². The number of fused-ring (bicyclic) bond motifs is 1. The Morgan fingerprint density at radius 2 is 1.89 bits per heavy atom. The summed E-state index contributed by atoms with van der Waals surface area (Å²) in [5.41, 5.74) is 1.87. The number of nitrogens with zero attached hydrogens (tertiary/aromatic N) is 1. The van der Waals surface area contributed by atoms with Crippen molar-refractivity contribution in [2.75, 3.05) is 5.32 Å². The van der Waals surface area contributed by atoms with E-state index in [9.17, 15) is 9.59 Å². The fourth-order valence-electron chi connectivity index (χ4n) is 2.67. The van der Waals surface area contributed by atoms with Crippen LogP contribution < -0.4 is 10.6 Å². The van der Waals surface area contributed by atoms with Crippen molar-refractivity contribution >= 4 is 34.5 Å². The molecular formula is C21H16N4O3. The van der Waals surface area contributed by atoms with Crippen molar-refractivity contribution in [3.05, 3.63) is 90.1 Å². The second-order valence-corrected chi connectivity index (χ2v) is 6.02. The molecule has 0 radical (unpaired) electrons. The summed E-state index contributed by atoms with van der Waals surface area (Å²) in [5, 5.41) is 13.2. The van der Waals surface area contributed by atoms with Crippen LogP contribution in [-0.2, 0) is 4.79 Å². The number of carbonyl (C=O) groups is 2. The number of carbonyl (C=O) groups excluding carboxylic acids is 2. The van der Waals surface area contributed by atoms with Crippen LogP contribution >= 0.6 is 0 Å². The molecule has 28 heavy (non-hydrogen) atoms.